The van der Waals surface area contributed by atoms with Crippen molar-refractivity contribution < 1.29 is 9.18 Å². The van der Waals surface area contributed by atoms with Crippen LogP contribution in [0.4, 0.5) is 10.2 Å². The minimum atomic E-state index is -1.86. The quantitative estimate of drug-likeness (QED) is 0.540. The summed E-state index contributed by atoms with van der Waals surface area (Å²) in [5.41, 5.74) is 2.84. The maximum atomic E-state index is 13.1. The summed E-state index contributed by atoms with van der Waals surface area (Å²) >= 11 is 0. The summed E-state index contributed by atoms with van der Waals surface area (Å²) in [5, 5.41) is 9.67. The SMILES string of the molecule is [B]C([B])(C(=O)Nc1cc2cc(-c3cnc(C)n3C)ccc2nn1)c1ccc(F)cc1. The van der Waals surface area contributed by atoms with Crippen LogP contribution >= 0.6 is 0 Å². The molecule has 0 spiro atoms. The molecule has 2 aromatic carbocycles. The molecular formula is C21H16B2FN5O. The fourth-order valence-electron chi connectivity index (χ4n) is 3.11. The molecule has 0 aliphatic carbocycles. The Kier molecular flexibility index (Phi) is 4.89. The van der Waals surface area contributed by atoms with Crippen LogP contribution in [-0.4, -0.2) is 41.3 Å². The average Bonchev–Trinajstić information content (AvgIpc) is 3.06. The van der Waals surface area contributed by atoms with Gasteiger partial charge < -0.3 is 9.88 Å². The number of imidazole rings is 1. The molecule has 1 amide bonds. The molecule has 0 aliphatic rings. The number of halogens is 1. The van der Waals surface area contributed by atoms with E-state index in [-0.39, 0.29) is 11.4 Å². The van der Waals surface area contributed by atoms with Crippen LogP contribution in [-0.2, 0) is 17.1 Å². The van der Waals surface area contributed by atoms with Crippen LogP contribution < -0.4 is 5.32 Å². The number of nitrogens with zero attached hydrogens (tertiary/aromatic N) is 4. The van der Waals surface area contributed by atoms with Crippen LogP contribution in [0.3, 0.4) is 0 Å². The lowest BCUT2D eigenvalue weighted by Gasteiger charge is -2.25. The maximum Gasteiger partial charge on any atom is 0.218 e. The van der Waals surface area contributed by atoms with Crippen molar-refractivity contribution in [2.45, 2.75) is 12.1 Å². The van der Waals surface area contributed by atoms with E-state index in [0.717, 1.165) is 22.5 Å². The van der Waals surface area contributed by atoms with E-state index in [1.54, 1.807) is 12.3 Å². The summed E-state index contributed by atoms with van der Waals surface area (Å²) in [6.45, 7) is 1.93. The van der Waals surface area contributed by atoms with E-state index < -0.39 is 16.9 Å². The van der Waals surface area contributed by atoms with E-state index >= 15 is 0 Å². The number of carbonyl (C=O) groups excluding carboxylic acids is 1. The van der Waals surface area contributed by atoms with Crippen molar-refractivity contribution >= 4 is 38.3 Å². The van der Waals surface area contributed by atoms with Gasteiger partial charge >= 0.3 is 0 Å². The number of rotatable bonds is 4. The number of fused-ring (bicyclic) bond motifs is 1. The number of aromatic nitrogens is 4. The second-order valence-electron chi connectivity index (χ2n) is 7.08. The van der Waals surface area contributed by atoms with Crippen LogP contribution in [0.25, 0.3) is 22.2 Å². The van der Waals surface area contributed by atoms with E-state index in [1.165, 1.54) is 24.3 Å². The lowest BCUT2D eigenvalue weighted by Crippen LogP contribution is -2.41. The predicted octanol–water partition coefficient (Wildman–Crippen LogP) is 2.61. The van der Waals surface area contributed by atoms with Gasteiger partial charge in [0.2, 0.25) is 5.91 Å². The summed E-state index contributed by atoms with van der Waals surface area (Å²) in [6, 6.07) is 12.5. The molecule has 2 heterocycles. The fraction of sp³-hybridized carbons (Fsp3) is 0.143. The Labute approximate surface area is 175 Å². The lowest BCUT2D eigenvalue weighted by atomic mass is 9.50. The molecule has 0 unspecified atom stereocenters. The second-order valence-corrected chi connectivity index (χ2v) is 7.08. The number of benzene rings is 2. The molecule has 6 nitrogen and oxygen atoms in total. The smallest absolute Gasteiger partial charge is 0.218 e. The Balaban J connectivity index is 1.63. The van der Waals surface area contributed by atoms with Crippen molar-refractivity contribution in [3.8, 4) is 11.3 Å². The van der Waals surface area contributed by atoms with E-state index in [0.29, 0.717) is 5.52 Å². The molecule has 4 rings (SSSR count). The van der Waals surface area contributed by atoms with Crippen LogP contribution in [0.15, 0.2) is 54.7 Å². The fourth-order valence-corrected chi connectivity index (χ4v) is 3.11. The Morgan fingerprint density at radius 1 is 1.10 bits per heavy atom. The molecule has 0 fully saturated rings. The molecule has 0 saturated carbocycles. The van der Waals surface area contributed by atoms with Gasteiger partial charge in [-0.2, -0.15) is 0 Å². The maximum absolute atomic E-state index is 13.1. The van der Waals surface area contributed by atoms with E-state index in [1.807, 2.05) is 36.7 Å². The third-order valence-electron chi connectivity index (χ3n) is 5.04. The minimum absolute atomic E-state index is 0.202. The Morgan fingerprint density at radius 3 is 2.50 bits per heavy atom. The van der Waals surface area contributed by atoms with Crippen molar-refractivity contribution in [1.82, 2.24) is 19.7 Å². The highest BCUT2D eigenvalue weighted by molar-refractivity contribution is 6.52. The van der Waals surface area contributed by atoms with Gasteiger partial charge in [0.15, 0.2) is 5.82 Å². The van der Waals surface area contributed by atoms with Crippen LogP contribution in [0.1, 0.15) is 11.4 Å². The number of aryl methyl sites for hydroxylation is 1. The summed E-state index contributed by atoms with van der Waals surface area (Å²) in [5.74, 6) is -0.0434. The highest BCUT2D eigenvalue weighted by Gasteiger charge is 2.29. The van der Waals surface area contributed by atoms with Gasteiger partial charge in [-0.1, -0.05) is 18.2 Å². The number of carbonyl (C=O) groups is 1. The number of hydrogen-bond acceptors (Lipinski definition) is 4. The Bertz CT molecular complexity index is 1250. The van der Waals surface area contributed by atoms with Crippen LogP contribution in [0.2, 0.25) is 0 Å². The Hall–Kier alpha value is -3.48. The largest absolute Gasteiger partial charge is 0.331 e. The standard InChI is InChI=1S/C21H16B2FN5O/c1-12-25-11-18(29(12)2)13-3-8-17-14(9-13)10-19(28-27-17)26-20(30)21(22,23)15-4-6-16(24)7-5-15/h3-11H,1-2H3,(H,26,28,30). The number of nitrogens with one attached hydrogen (secondary N) is 1. The Morgan fingerprint density at radius 2 is 1.83 bits per heavy atom. The highest BCUT2D eigenvalue weighted by atomic mass is 19.1. The molecular weight excluding hydrogens is 379 g/mol. The molecule has 1 N–H and O–H groups in total. The number of hydrogen-bond donors (Lipinski definition) is 1. The van der Waals surface area contributed by atoms with Crippen molar-refractivity contribution in [1.29, 1.82) is 0 Å². The van der Waals surface area contributed by atoms with Gasteiger partial charge in [-0.05, 0) is 48.0 Å². The monoisotopic (exact) mass is 395 g/mol. The van der Waals surface area contributed by atoms with E-state index in [9.17, 15) is 9.18 Å². The molecule has 30 heavy (non-hydrogen) atoms. The summed E-state index contributed by atoms with van der Waals surface area (Å²) in [7, 11) is 13.9. The zero-order chi connectivity index (χ0) is 21.5. The third-order valence-corrected chi connectivity index (χ3v) is 5.04. The number of anilines is 1. The minimum Gasteiger partial charge on any atom is -0.331 e. The zero-order valence-corrected chi connectivity index (χ0v) is 16.4. The first-order valence-corrected chi connectivity index (χ1v) is 9.17. The van der Waals surface area contributed by atoms with Gasteiger partial charge in [0.05, 0.1) is 33.1 Å². The molecule has 0 atom stereocenters. The molecule has 0 aliphatic heterocycles. The lowest BCUT2D eigenvalue weighted by molar-refractivity contribution is -0.117. The summed E-state index contributed by atoms with van der Waals surface area (Å²) < 4.78 is 15.1. The van der Waals surface area contributed by atoms with Crippen LogP contribution in [0, 0.1) is 12.7 Å². The zero-order valence-electron chi connectivity index (χ0n) is 16.4. The molecule has 4 radical (unpaired) electrons. The van der Waals surface area contributed by atoms with Gasteiger partial charge in [0, 0.05) is 18.0 Å². The van der Waals surface area contributed by atoms with Gasteiger partial charge in [-0.3, -0.25) is 4.79 Å². The first kappa shape index (κ1) is 19.8. The molecule has 0 bridgehead atoms. The van der Waals surface area contributed by atoms with Gasteiger partial charge in [-0.25, -0.2) is 9.37 Å². The van der Waals surface area contributed by atoms with Crippen molar-refractivity contribution in [2.75, 3.05) is 5.32 Å². The van der Waals surface area contributed by atoms with Crippen molar-refractivity contribution in [3.05, 3.63) is 71.9 Å². The molecule has 9 heteroatoms. The van der Waals surface area contributed by atoms with E-state index in [2.05, 4.69) is 20.5 Å². The summed E-state index contributed by atoms with van der Waals surface area (Å²) in [6.07, 6.45) is 1.80. The number of amides is 1. The van der Waals surface area contributed by atoms with Gasteiger partial charge in [0.25, 0.3) is 0 Å². The topological polar surface area (TPSA) is 72.7 Å². The first-order valence-electron chi connectivity index (χ1n) is 9.17. The second kappa shape index (κ2) is 7.40. The van der Waals surface area contributed by atoms with Gasteiger partial charge in [0.1, 0.15) is 11.6 Å². The average molecular weight is 395 g/mol. The molecule has 0 saturated heterocycles. The molecule has 144 valence electrons. The third kappa shape index (κ3) is 3.58. The molecule has 4 aromatic rings. The van der Waals surface area contributed by atoms with Crippen molar-refractivity contribution in [3.63, 3.8) is 0 Å². The summed E-state index contributed by atoms with van der Waals surface area (Å²) in [4.78, 5) is 17.0. The molecule has 2 aromatic heterocycles. The van der Waals surface area contributed by atoms with Gasteiger partial charge in [-0.15, -0.1) is 10.2 Å². The first-order chi connectivity index (χ1) is 14.3. The van der Waals surface area contributed by atoms with Crippen molar-refractivity contribution in [2.24, 2.45) is 7.05 Å². The normalized spacial score (nSPS) is 11.6. The van der Waals surface area contributed by atoms with Crippen LogP contribution in [0.5, 0.6) is 0 Å². The highest BCUT2D eigenvalue weighted by Crippen LogP contribution is 2.25. The predicted molar refractivity (Wildman–Crippen MR) is 115 cm³/mol. The van der Waals surface area contributed by atoms with E-state index in [4.69, 9.17) is 15.7 Å².